The van der Waals surface area contributed by atoms with Crippen molar-refractivity contribution in [1.82, 2.24) is 0 Å². The highest BCUT2D eigenvalue weighted by atomic mass is 16.1. The molecule has 0 amide bonds. The molecule has 2 saturated carbocycles. The number of carbonyl (C=O) groups excluding carboxylic acids is 2. The van der Waals surface area contributed by atoms with Crippen LogP contribution in [-0.2, 0) is 9.59 Å². The van der Waals surface area contributed by atoms with Gasteiger partial charge in [0.1, 0.15) is 0 Å². The summed E-state index contributed by atoms with van der Waals surface area (Å²) in [6, 6.07) is 0. The van der Waals surface area contributed by atoms with E-state index in [0.717, 1.165) is 0 Å². The summed E-state index contributed by atoms with van der Waals surface area (Å²) in [5.74, 6) is 0. The van der Waals surface area contributed by atoms with E-state index in [1.807, 2.05) is 0 Å². The highest BCUT2D eigenvalue weighted by Crippen LogP contribution is 2.15. The van der Waals surface area contributed by atoms with Crippen LogP contribution in [0.1, 0.15) is 84.5 Å². The van der Waals surface area contributed by atoms with E-state index in [2.05, 4.69) is 0 Å². The first kappa shape index (κ1) is 22.9. The van der Waals surface area contributed by atoms with Crippen LogP contribution >= 0.6 is 0 Å². The zero-order valence-electron chi connectivity index (χ0n) is 11.2. The number of hydrogen-bond donors (Lipinski definition) is 0. The van der Waals surface area contributed by atoms with Gasteiger partial charge in [-0.05, 0) is 12.2 Å². The van der Waals surface area contributed by atoms with Crippen molar-refractivity contribution in [1.29, 1.82) is 0 Å². The Morgan fingerprint density at radius 1 is 0.474 bits per heavy atom. The lowest BCUT2D eigenvalue weighted by Gasteiger charge is -2.05. The predicted octanol–water partition coefficient (Wildman–Crippen LogP) is 5.10. The highest BCUT2D eigenvalue weighted by Gasteiger charge is 1.96. The molecule has 0 unspecified atom stereocenters. The average molecular weight is 268 g/mol. The van der Waals surface area contributed by atoms with E-state index in [9.17, 15) is 0 Å². The van der Waals surface area contributed by atoms with E-state index in [1.54, 1.807) is 0 Å². The van der Waals surface area contributed by atoms with Crippen LogP contribution in [0.25, 0.3) is 10.8 Å². The molecule has 0 bridgehead atoms. The van der Waals surface area contributed by atoms with E-state index in [1.165, 1.54) is 77.0 Å². The molecule has 2 fully saturated rings. The molecular weight excluding hydrogens is 240 g/mol. The van der Waals surface area contributed by atoms with Crippen molar-refractivity contribution in [3.63, 3.8) is 0 Å². The lowest BCUT2D eigenvalue weighted by molar-refractivity contribution is 0.504. The summed E-state index contributed by atoms with van der Waals surface area (Å²) in [5.41, 5.74) is 0. The Kier molecular flexibility index (Phi) is 30.8. The van der Waals surface area contributed by atoms with Crippen LogP contribution in [0.4, 0.5) is 0 Å². The Morgan fingerprint density at radius 3 is 0.579 bits per heavy atom. The predicted molar refractivity (Wildman–Crippen MR) is 80.2 cm³/mol. The van der Waals surface area contributed by atoms with Crippen molar-refractivity contribution in [2.75, 3.05) is 0 Å². The number of nitrogens with zero attached hydrogens (tertiary/aromatic N) is 2. The van der Waals surface area contributed by atoms with Gasteiger partial charge in [0.2, 0.25) is 0 Å². The Balaban J connectivity index is -0.000000188. The molecule has 0 N–H and O–H groups in total. The van der Waals surface area contributed by atoms with Crippen molar-refractivity contribution in [3.05, 3.63) is 10.8 Å². The summed E-state index contributed by atoms with van der Waals surface area (Å²) in [6.45, 7) is 0. The highest BCUT2D eigenvalue weighted by molar-refractivity contribution is 5.37. The second-order valence-corrected chi connectivity index (χ2v) is 4.43. The molecule has 4 nitrogen and oxygen atoms in total. The molecule has 0 spiro atoms. The van der Waals surface area contributed by atoms with Crippen LogP contribution in [0.2, 0.25) is 0 Å². The van der Waals surface area contributed by atoms with Gasteiger partial charge in [-0.25, -0.2) is 0 Å². The van der Waals surface area contributed by atoms with Crippen LogP contribution in [-0.4, -0.2) is 12.2 Å². The molecule has 0 atom stereocenters. The van der Waals surface area contributed by atoms with Gasteiger partial charge >= 0.3 is 0 Å². The van der Waals surface area contributed by atoms with E-state index in [0.29, 0.717) is 12.2 Å². The van der Waals surface area contributed by atoms with E-state index in [-0.39, 0.29) is 7.43 Å². The number of rotatable bonds is 0. The van der Waals surface area contributed by atoms with Crippen LogP contribution in [0, 0.1) is 0 Å². The summed E-state index contributed by atoms with van der Waals surface area (Å²) in [5, 5.41) is 13.5. The molecule has 19 heavy (non-hydrogen) atoms. The monoisotopic (exact) mass is 268 g/mol. The molecule has 2 aliphatic carbocycles. The maximum Gasteiger partial charge on any atom is -0.0159 e. The van der Waals surface area contributed by atoms with Crippen molar-refractivity contribution in [2.45, 2.75) is 84.5 Å². The van der Waals surface area contributed by atoms with Crippen LogP contribution < -0.4 is 0 Å². The van der Waals surface area contributed by atoms with Gasteiger partial charge < -0.3 is 10.8 Å². The third kappa shape index (κ3) is 31.5. The first-order valence-electron chi connectivity index (χ1n) is 6.86. The maximum absolute atomic E-state index is 8.24. The average Bonchev–Trinajstić information content (AvgIpc) is 2.45. The van der Waals surface area contributed by atoms with Crippen molar-refractivity contribution < 1.29 is 9.59 Å². The van der Waals surface area contributed by atoms with Gasteiger partial charge in [-0.3, -0.25) is 9.59 Å². The third-order valence-electron chi connectivity index (χ3n) is 3.00. The fourth-order valence-corrected chi connectivity index (χ4v) is 2.12. The summed E-state index contributed by atoms with van der Waals surface area (Å²) < 4.78 is 0. The van der Waals surface area contributed by atoms with Crippen LogP contribution in [0.15, 0.2) is 0 Å². The van der Waals surface area contributed by atoms with E-state index in [4.69, 9.17) is 20.4 Å². The molecule has 0 heterocycles. The minimum atomic E-state index is 0. The normalized spacial score (nSPS) is 16.0. The standard InChI is InChI=1S/2C6H12.2CNO.CH4/c2*1-2-4-6-5-3-1;2*2-1-3;/h2*1-6H2;;;1H4/q;;2*-1;. The topological polar surface area (TPSA) is 78.7 Å². The first-order valence-corrected chi connectivity index (χ1v) is 6.86. The summed E-state index contributed by atoms with van der Waals surface area (Å²) >= 11 is 0. The molecule has 0 aromatic rings. The van der Waals surface area contributed by atoms with Gasteiger partial charge in [-0.2, -0.15) is 0 Å². The lowest BCUT2D eigenvalue weighted by atomic mass is 10.0. The van der Waals surface area contributed by atoms with Gasteiger partial charge in [-0.15, -0.1) is 0 Å². The molecule has 4 heteroatoms. The van der Waals surface area contributed by atoms with E-state index < -0.39 is 0 Å². The zero-order valence-corrected chi connectivity index (χ0v) is 11.2. The zero-order chi connectivity index (χ0) is 13.9. The second-order valence-electron chi connectivity index (χ2n) is 4.43. The fourth-order valence-electron chi connectivity index (χ4n) is 2.12. The SMILES string of the molecule is C.C1CCCCC1.C1CCCCC1.[N-]=C=O.[N-]=C=O. The summed E-state index contributed by atoms with van der Waals surface area (Å²) in [7, 11) is 0. The molecular formula is C15H28N2O2-2. The minimum Gasteiger partial charge on any atom is -0.724 e. The van der Waals surface area contributed by atoms with Gasteiger partial charge in [-0.1, -0.05) is 84.5 Å². The van der Waals surface area contributed by atoms with Crippen LogP contribution in [0.5, 0.6) is 0 Å². The largest absolute Gasteiger partial charge is 0.724 e. The quantitative estimate of drug-likeness (QED) is 0.452. The summed E-state index contributed by atoms with van der Waals surface area (Å²) in [6.07, 6.45) is 19.0. The molecule has 2 rings (SSSR count). The van der Waals surface area contributed by atoms with Crippen molar-refractivity contribution >= 4 is 12.2 Å². The van der Waals surface area contributed by atoms with Crippen molar-refractivity contribution in [2.24, 2.45) is 0 Å². The smallest absolute Gasteiger partial charge is 0.0159 e. The summed E-state index contributed by atoms with van der Waals surface area (Å²) in [4.78, 5) is 16.5. The molecule has 0 saturated heterocycles. The third-order valence-corrected chi connectivity index (χ3v) is 3.00. The maximum atomic E-state index is 8.24. The molecule has 112 valence electrons. The fraction of sp³-hybridized carbons (Fsp3) is 0.867. The Morgan fingerprint density at radius 2 is 0.526 bits per heavy atom. The Bertz CT molecular complexity index is 163. The van der Waals surface area contributed by atoms with Crippen LogP contribution in [0.3, 0.4) is 0 Å². The second kappa shape index (κ2) is 25.6. The Hall–Kier alpha value is -1.24. The van der Waals surface area contributed by atoms with Gasteiger partial charge in [0.25, 0.3) is 0 Å². The van der Waals surface area contributed by atoms with E-state index >= 15 is 0 Å². The first-order chi connectivity index (χ1) is 8.83. The molecule has 0 radical (unpaired) electrons. The lowest BCUT2D eigenvalue weighted by Crippen LogP contribution is -1.85. The molecule has 0 aliphatic heterocycles. The van der Waals surface area contributed by atoms with Gasteiger partial charge in [0.15, 0.2) is 0 Å². The van der Waals surface area contributed by atoms with Gasteiger partial charge in [0, 0.05) is 0 Å². The van der Waals surface area contributed by atoms with Gasteiger partial charge in [0.05, 0.1) is 0 Å². The Labute approximate surface area is 118 Å². The number of isocyanates is 2. The number of hydrogen-bond acceptors (Lipinski definition) is 2. The molecule has 2 aliphatic rings. The van der Waals surface area contributed by atoms with Crippen molar-refractivity contribution in [3.8, 4) is 0 Å². The minimum absolute atomic E-state index is 0. The molecule has 0 aromatic heterocycles. The molecule has 0 aromatic carbocycles.